The van der Waals surface area contributed by atoms with Crippen molar-refractivity contribution < 1.29 is 9.84 Å². The summed E-state index contributed by atoms with van der Waals surface area (Å²) in [6.45, 7) is 0.489. The molecule has 1 aromatic carbocycles. The largest absolute Gasteiger partial charge is 0.384 e. The van der Waals surface area contributed by atoms with Gasteiger partial charge in [-0.3, -0.25) is 4.98 Å². The number of hydrogen-bond donors (Lipinski definition) is 1. The van der Waals surface area contributed by atoms with Gasteiger partial charge in [0.25, 0.3) is 0 Å². The van der Waals surface area contributed by atoms with Gasteiger partial charge in [0.1, 0.15) is 6.10 Å². The summed E-state index contributed by atoms with van der Waals surface area (Å²) in [7, 11) is 0. The lowest BCUT2D eigenvalue weighted by Gasteiger charge is -2.25. The maximum atomic E-state index is 11.2. The zero-order chi connectivity index (χ0) is 20.2. The van der Waals surface area contributed by atoms with Crippen molar-refractivity contribution in [3.05, 3.63) is 75.2 Å². The number of thiophene rings is 1. The minimum absolute atomic E-state index is 0.231. The Morgan fingerprint density at radius 2 is 1.90 bits per heavy atom. The third-order valence-electron chi connectivity index (χ3n) is 5.39. The summed E-state index contributed by atoms with van der Waals surface area (Å²) in [6, 6.07) is 11.4. The van der Waals surface area contributed by atoms with E-state index >= 15 is 0 Å². The Morgan fingerprint density at radius 1 is 1.14 bits per heavy atom. The molecule has 0 unspecified atom stereocenters. The molecule has 3 nitrogen and oxygen atoms in total. The van der Waals surface area contributed by atoms with Gasteiger partial charge < -0.3 is 9.84 Å². The van der Waals surface area contributed by atoms with Gasteiger partial charge in [-0.1, -0.05) is 29.8 Å². The predicted octanol–water partition coefficient (Wildman–Crippen LogP) is 6.61. The third-order valence-corrected chi connectivity index (χ3v) is 7.06. The predicted molar refractivity (Wildman–Crippen MR) is 120 cm³/mol. The van der Waals surface area contributed by atoms with Gasteiger partial charge in [0.2, 0.25) is 0 Å². The molecule has 0 aliphatic heterocycles. The van der Waals surface area contributed by atoms with Crippen molar-refractivity contribution in [1.29, 1.82) is 0 Å². The van der Waals surface area contributed by atoms with Crippen LogP contribution in [-0.2, 0) is 11.3 Å². The molecule has 1 aliphatic rings. The number of pyridine rings is 1. The third kappa shape index (κ3) is 5.01. The number of hydrogen-bond acceptors (Lipinski definition) is 4. The molecular weight excluding hydrogens is 425 g/mol. The number of aliphatic hydroxyl groups excluding tert-OH is 1. The molecule has 152 valence electrons. The van der Waals surface area contributed by atoms with Crippen LogP contribution in [-0.4, -0.2) is 21.6 Å². The molecule has 0 radical (unpaired) electrons. The van der Waals surface area contributed by atoms with Crippen LogP contribution in [0.25, 0.3) is 11.1 Å². The van der Waals surface area contributed by atoms with E-state index in [1.54, 1.807) is 23.7 Å². The first-order chi connectivity index (χ1) is 14.1. The van der Waals surface area contributed by atoms with Gasteiger partial charge >= 0.3 is 0 Å². The van der Waals surface area contributed by atoms with Gasteiger partial charge in [0.05, 0.1) is 12.7 Å². The van der Waals surface area contributed by atoms with Crippen molar-refractivity contribution in [1.82, 2.24) is 4.98 Å². The van der Waals surface area contributed by atoms with E-state index in [1.807, 2.05) is 36.4 Å². The van der Waals surface area contributed by atoms with E-state index in [2.05, 4.69) is 10.4 Å². The van der Waals surface area contributed by atoms with E-state index in [0.29, 0.717) is 11.6 Å². The first-order valence-electron chi connectivity index (χ1n) is 9.81. The van der Waals surface area contributed by atoms with Gasteiger partial charge in [-0.2, -0.15) is 0 Å². The lowest BCUT2D eigenvalue weighted by molar-refractivity contribution is 0.0180. The number of aromatic nitrogens is 1. The van der Waals surface area contributed by atoms with Crippen LogP contribution in [0.2, 0.25) is 5.02 Å². The van der Waals surface area contributed by atoms with Gasteiger partial charge in [-0.15, -0.1) is 22.9 Å². The molecule has 2 heterocycles. The zero-order valence-electron chi connectivity index (χ0n) is 15.9. The normalized spacial score (nSPS) is 20.5. The number of halogens is 2. The van der Waals surface area contributed by atoms with E-state index in [9.17, 15) is 5.11 Å². The summed E-state index contributed by atoms with van der Waals surface area (Å²) in [5, 5.41) is 14.3. The minimum Gasteiger partial charge on any atom is -0.384 e. The molecule has 0 bridgehead atoms. The molecule has 0 saturated heterocycles. The number of nitrogens with zero attached hydrogens (tertiary/aromatic N) is 1. The van der Waals surface area contributed by atoms with Gasteiger partial charge in [-0.05, 0) is 60.4 Å². The molecule has 1 N–H and O–H groups in total. The second kappa shape index (κ2) is 9.59. The summed E-state index contributed by atoms with van der Waals surface area (Å²) in [5.74, 6) is 0. The maximum absolute atomic E-state index is 11.2. The molecule has 1 fully saturated rings. The fraction of sp³-hybridized carbons (Fsp3) is 0.348. The molecule has 1 saturated carbocycles. The monoisotopic (exact) mass is 447 g/mol. The maximum Gasteiger partial charge on any atom is 0.107 e. The molecule has 6 heteroatoms. The molecular formula is C23H23Cl2NO2S. The highest BCUT2D eigenvalue weighted by molar-refractivity contribution is 7.10. The number of rotatable bonds is 6. The van der Waals surface area contributed by atoms with Gasteiger partial charge in [0, 0.05) is 38.8 Å². The van der Waals surface area contributed by atoms with E-state index in [0.717, 1.165) is 52.8 Å². The first kappa shape index (κ1) is 20.8. The lowest BCUT2D eigenvalue weighted by atomic mass is 9.95. The van der Waals surface area contributed by atoms with Crippen LogP contribution in [0.4, 0.5) is 0 Å². The van der Waals surface area contributed by atoms with E-state index in [4.69, 9.17) is 27.9 Å². The van der Waals surface area contributed by atoms with Gasteiger partial charge in [-0.25, -0.2) is 0 Å². The standard InChI is InChI=1S/C23H23Cl2NO2S/c24-17-5-3-15(4-6-17)20-14-29-21(13-28-19-9-7-18(25)8-10-19)22(20)23(27)16-2-1-11-26-12-16/h1-6,11-12,14,18-19,23,27H,7-10,13H2/t18?,19?,23-/m1/s1. The van der Waals surface area contributed by atoms with Crippen LogP contribution in [0.15, 0.2) is 54.2 Å². The van der Waals surface area contributed by atoms with Crippen LogP contribution < -0.4 is 0 Å². The van der Waals surface area contributed by atoms with E-state index in [1.165, 1.54) is 0 Å². The van der Waals surface area contributed by atoms with Crippen molar-refractivity contribution in [2.45, 2.75) is 49.9 Å². The molecule has 4 rings (SSSR count). The smallest absolute Gasteiger partial charge is 0.107 e. The van der Waals surface area contributed by atoms with Gasteiger partial charge in [0.15, 0.2) is 0 Å². The molecule has 2 aromatic heterocycles. The highest BCUT2D eigenvalue weighted by Crippen LogP contribution is 2.39. The Bertz CT molecular complexity index is 922. The highest BCUT2D eigenvalue weighted by Gasteiger charge is 2.24. The Kier molecular flexibility index (Phi) is 6.88. The fourth-order valence-corrected chi connectivity index (χ4v) is 5.14. The second-order valence-corrected chi connectivity index (χ2v) is 9.38. The summed E-state index contributed by atoms with van der Waals surface area (Å²) >= 11 is 13.9. The van der Waals surface area contributed by atoms with Crippen molar-refractivity contribution in [2.24, 2.45) is 0 Å². The summed E-state index contributed by atoms with van der Waals surface area (Å²) in [5.41, 5.74) is 3.69. The quantitative estimate of drug-likeness (QED) is 0.432. The van der Waals surface area contributed by atoms with Crippen molar-refractivity contribution in [3.63, 3.8) is 0 Å². The minimum atomic E-state index is -0.766. The molecule has 1 atom stereocenters. The highest BCUT2D eigenvalue weighted by atomic mass is 35.5. The zero-order valence-corrected chi connectivity index (χ0v) is 18.3. The number of ether oxygens (including phenoxy) is 1. The van der Waals surface area contributed by atoms with Crippen LogP contribution in [0.5, 0.6) is 0 Å². The lowest BCUT2D eigenvalue weighted by Crippen LogP contribution is -2.21. The molecule has 3 aromatic rings. The molecule has 0 spiro atoms. The van der Waals surface area contributed by atoms with Crippen molar-refractivity contribution >= 4 is 34.5 Å². The van der Waals surface area contributed by atoms with Crippen LogP contribution in [0.3, 0.4) is 0 Å². The van der Waals surface area contributed by atoms with Crippen LogP contribution in [0, 0.1) is 0 Å². The average Bonchev–Trinajstić information content (AvgIpc) is 3.18. The number of alkyl halides is 1. The molecule has 29 heavy (non-hydrogen) atoms. The van der Waals surface area contributed by atoms with E-state index in [-0.39, 0.29) is 11.5 Å². The fourth-order valence-electron chi connectivity index (χ4n) is 3.76. The first-order valence-corrected chi connectivity index (χ1v) is 11.5. The van der Waals surface area contributed by atoms with Crippen molar-refractivity contribution in [2.75, 3.05) is 0 Å². The Hall–Kier alpha value is -1.43. The SMILES string of the molecule is O[C@H](c1cccnc1)c1c(-c2ccc(Cl)cc2)csc1COC1CCC(Cl)CC1. The average molecular weight is 448 g/mol. The Balaban J connectivity index is 1.63. The summed E-state index contributed by atoms with van der Waals surface area (Å²) in [6.07, 6.45) is 6.86. The van der Waals surface area contributed by atoms with E-state index < -0.39 is 6.10 Å². The summed E-state index contributed by atoms with van der Waals surface area (Å²) < 4.78 is 6.22. The summed E-state index contributed by atoms with van der Waals surface area (Å²) in [4.78, 5) is 5.21. The number of aliphatic hydroxyl groups is 1. The molecule has 0 amide bonds. The second-order valence-electron chi connectivity index (χ2n) is 7.37. The van der Waals surface area contributed by atoms with Crippen LogP contribution >= 0.6 is 34.5 Å². The molecule has 1 aliphatic carbocycles. The van der Waals surface area contributed by atoms with Crippen molar-refractivity contribution in [3.8, 4) is 11.1 Å². The Morgan fingerprint density at radius 3 is 2.59 bits per heavy atom. The van der Waals surface area contributed by atoms with Crippen LogP contribution in [0.1, 0.15) is 47.8 Å². The number of benzene rings is 1. The topological polar surface area (TPSA) is 42.4 Å². The Labute approximate surface area is 185 Å².